The minimum absolute atomic E-state index is 0.0872. The Balaban J connectivity index is 1.61. The Kier molecular flexibility index (Phi) is 5.36. The van der Waals surface area contributed by atoms with E-state index in [1.54, 1.807) is 43.3 Å². The number of ether oxygens (including phenoxy) is 1. The molecule has 2 aromatic carbocycles. The first kappa shape index (κ1) is 24.5. The van der Waals surface area contributed by atoms with E-state index in [4.69, 9.17) is 4.74 Å². The van der Waals surface area contributed by atoms with Gasteiger partial charge in [-0.25, -0.2) is 28.4 Å². The second kappa shape index (κ2) is 8.32. The Morgan fingerprint density at radius 1 is 1.08 bits per heavy atom. The molecule has 3 aliphatic rings. The zero-order valence-corrected chi connectivity index (χ0v) is 22.5. The van der Waals surface area contributed by atoms with Crippen molar-refractivity contribution in [2.75, 3.05) is 12.0 Å². The van der Waals surface area contributed by atoms with Crippen LogP contribution in [0.2, 0.25) is 0 Å². The summed E-state index contributed by atoms with van der Waals surface area (Å²) in [6.45, 7) is 1.95. The molecule has 1 N–H and O–H groups in total. The van der Waals surface area contributed by atoms with Gasteiger partial charge in [-0.2, -0.15) is 0 Å². The van der Waals surface area contributed by atoms with Crippen molar-refractivity contribution in [1.82, 2.24) is 13.9 Å². The number of hydrogen-bond donors (Lipinski definition) is 1. The molecule has 0 bridgehead atoms. The van der Waals surface area contributed by atoms with Crippen molar-refractivity contribution in [2.45, 2.75) is 31.8 Å². The summed E-state index contributed by atoms with van der Waals surface area (Å²) in [5.74, 6) is -1.97. The molecule has 3 heterocycles. The Hall–Kier alpha value is -3.86. The maximum atomic E-state index is 14.3. The number of aromatic hydroxyl groups is 1. The number of fused-ring (bicyclic) bond motifs is 4. The normalized spacial score (nSPS) is 26.1. The monoisotopic (exact) mass is 580 g/mol. The zero-order chi connectivity index (χ0) is 27.1. The smallest absolute Gasteiger partial charge is 0.347 e. The molecule has 1 aliphatic carbocycles. The number of allylic oxidation sites excluding steroid dienone is 2. The molecule has 0 spiro atoms. The maximum absolute atomic E-state index is 14.3. The van der Waals surface area contributed by atoms with E-state index in [0.29, 0.717) is 15.7 Å². The van der Waals surface area contributed by atoms with E-state index in [1.807, 2.05) is 12.1 Å². The molecule has 6 rings (SSSR count). The number of imide groups is 1. The molecule has 196 valence electrons. The van der Waals surface area contributed by atoms with Crippen molar-refractivity contribution in [3.63, 3.8) is 0 Å². The van der Waals surface area contributed by atoms with Gasteiger partial charge in [0.2, 0.25) is 11.8 Å². The van der Waals surface area contributed by atoms with Crippen LogP contribution in [0.5, 0.6) is 11.5 Å². The molecule has 38 heavy (non-hydrogen) atoms. The highest BCUT2D eigenvalue weighted by atomic mass is 79.9. The van der Waals surface area contributed by atoms with Gasteiger partial charge in [0.25, 0.3) is 0 Å². The van der Waals surface area contributed by atoms with Crippen molar-refractivity contribution in [1.29, 1.82) is 0 Å². The van der Waals surface area contributed by atoms with Crippen molar-refractivity contribution < 1.29 is 19.4 Å². The van der Waals surface area contributed by atoms with E-state index < -0.39 is 34.7 Å². The summed E-state index contributed by atoms with van der Waals surface area (Å²) in [6.07, 6.45) is 2.07. The first-order valence-corrected chi connectivity index (χ1v) is 13.0. The number of amides is 2. The molecule has 11 heteroatoms. The fourth-order valence-electron chi connectivity index (χ4n) is 6.51. The number of methoxy groups -OCH3 is 1. The number of hydrogen-bond acceptors (Lipinski definition) is 6. The van der Waals surface area contributed by atoms with Crippen molar-refractivity contribution in [3.8, 4) is 11.5 Å². The Labute approximate surface area is 225 Å². The second-order valence-corrected chi connectivity index (χ2v) is 11.0. The molecule has 2 amide bonds. The Morgan fingerprint density at radius 3 is 2.47 bits per heavy atom. The lowest BCUT2D eigenvalue weighted by Gasteiger charge is -2.47. The van der Waals surface area contributed by atoms with E-state index >= 15 is 0 Å². The fourth-order valence-corrected chi connectivity index (χ4v) is 6.97. The topological polar surface area (TPSA) is 116 Å². The minimum Gasteiger partial charge on any atom is -0.503 e. The summed E-state index contributed by atoms with van der Waals surface area (Å²) in [5.41, 5.74) is -0.222. The zero-order valence-electron chi connectivity index (χ0n) is 20.9. The van der Waals surface area contributed by atoms with Gasteiger partial charge >= 0.3 is 11.4 Å². The third kappa shape index (κ3) is 3.05. The van der Waals surface area contributed by atoms with Crippen LogP contribution in [0.1, 0.15) is 30.9 Å². The summed E-state index contributed by atoms with van der Waals surface area (Å²) >= 11 is 3.39. The molecular weight excluding hydrogens is 556 g/mol. The van der Waals surface area contributed by atoms with E-state index in [1.165, 1.54) is 28.4 Å². The molecule has 2 fully saturated rings. The van der Waals surface area contributed by atoms with Crippen LogP contribution in [0.15, 0.2) is 68.2 Å². The molecule has 1 saturated carbocycles. The Bertz CT molecular complexity index is 1670. The lowest BCUT2D eigenvalue weighted by atomic mass is 9.56. The quantitative estimate of drug-likeness (QED) is 0.376. The number of carbonyl (C=O) groups is 2. The fraction of sp³-hybridized carbons (Fsp3) is 0.333. The van der Waals surface area contributed by atoms with Crippen LogP contribution in [-0.4, -0.2) is 38.0 Å². The lowest BCUT2D eigenvalue weighted by molar-refractivity contribution is -0.129. The molecule has 0 radical (unpaired) electrons. The number of phenols is 1. The van der Waals surface area contributed by atoms with Gasteiger partial charge in [-0.05, 0) is 64.7 Å². The summed E-state index contributed by atoms with van der Waals surface area (Å²) in [5, 5.41) is 10.5. The van der Waals surface area contributed by atoms with E-state index in [9.17, 15) is 24.3 Å². The second-order valence-electron chi connectivity index (χ2n) is 10.1. The van der Waals surface area contributed by atoms with Crippen LogP contribution in [0.25, 0.3) is 0 Å². The molecule has 3 aromatic rings. The number of nitrogens with zero attached hydrogens (tertiary/aromatic N) is 4. The predicted molar refractivity (Wildman–Crippen MR) is 141 cm³/mol. The number of phenolic OH excluding ortho intramolecular Hbond substituents is 1. The van der Waals surface area contributed by atoms with Gasteiger partial charge < -0.3 is 9.84 Å². The molecule has 0 unspecified atom stereocenters. The van der Waals surface area contributed by atoms with Crippen LogP contribution in [0.3, 0.4) is 0 Å². The van der Waals surface area contributed by atoms with Crippen molar-refractivity contribution in [2.24, 2.45) is 18.4 Å². The van der Waals surface area contributed by atoms with Crippen LogP contribution >= 0.6 is 15.9 Å². The molecule has 4 atom stereocenters. The SMILES string of the molecule is COc1cc([C@H]2C3=CCn4c(=O)n(C)c(=O)n4[C@@H]3C[C@H]3C(=O)N(c4ccccc4)C(=O)[C@@]23C)cc(Br)c1O. The molecule has 2 aliphatic heterocycles. The predicted octanol–water partition coefficient (Wildman–Crippen LogP) is 2.69. The molecule has 10 nitrogen and oxygen atoms in total. The molecular formula is C27H25BrN4O6. The lowest BCUT2D eigenvalue weighted by Crippen LogP contribution is -2.49. The van der Waals surface area contributed by atoms with Gasteiger partial charge in [0.1, 0.15) is 0 Å². The summed E-state index contributed by atoms with van der Waals surface area (Å²) in [6, 6.07) is 11.6. The van der Waals surface area contributed by atoms with Gasteiger partial charge in [-0.3, -0.25) is 9.59 Å². The average molecular weight is 581 g/mol. The number of para-hydroxylation sites is 1. The van der Waals surface area contributed by atoms with Crippen molar-refractivity contribution >= 4 is 33.4 Å². The number of rotatable bonds is 3. The van der Waals surface area contributed by atoms with Gasteiger partial charge in [0, 0.05) is 13.0 Å². The number of aromatic nitrogens is 3. The maximum Gasteiger partial charge on any atom is 0.347 e. The average Bonchev–Trinajstić information content (AvgIpc) is 3.25. The highest BCUT2D eigenvalue weighted by Gasteiger charge is 2.65. The summed E-state index contributed by atoms with van der Waals surface area (Å²) < 4.78 is 9.62. The number of anilines is 1. The first-order valence-electron chi connectivity index (χ1n) is 12.2. The minimum atomic E-state index is -1.20. The van der Waals surface area contributed by atoms with E-state index in [0.717, 1.165) is 10.1 Å². The van der Waals surface area contributed by atoms with E-state index in [-0.39, 0.29) is 36.3 Å². The van der Waals surface area contributed by atoms with Crippen LogP contribution < -0.4 is 21.0 Å². The standard InChI is InChI=1S/C27H25BrN4O6/c1-27-17(23(34)31(24(27)35)15-7-5-4-6-8-15)13-19-16(9-10-30-25(36)29(2)26(37)32(19)30)21(27)14-11-18(28)22(33)20(12-14)38-3/h4-9,11-12,17,19,21,33H,10,13H2,1-3H3/t17-,19+,21-,27+/m0/s1. The summed E-state index contributed by atoms with van der Waals surface area (Å²) in [7, 11) is 2.86. The highest BCUT2D eigenvalue weighted by Crippen LogP contribution is 2.61. The number of benzene rings is 2. The number of carbonyl (C=O) groups excluding carboxylic acids is 2. The molecule has 1 saturated heterocycles. The van der Waals surface area contributed by atoms with Crippen molar-refractivity contribution in [3.05, 3.63) is 85.1 Å². The van der Waals surface area contributed by atoms with Gasteiger partial charge in [0.05, 0.1) is 41.2 Å². The molecule has 1 aromatic heterocycles. The van der Waals surface area contributed by atoms with Gasteiger partial charge in [-0.15, -0.1) is 0 Å². The summed E-state index contributed by atoms with van der Waals surface area (Å²) in [4.78, 5) is 55.4. The first-order chi connectivity index (χ1) is 18.1. The highest BCUT2D eigenvalue weighted by molar-refractivity contribution is 9.10. The third-order valence-electron chi connectivity index (χ3n) is 8.35. The van der Waals surface area contributed by atoms with E-state index in [2.05, 4.69) is 15.9 Å². The third-order valence-corrected chi connectivity index (χ3v) is 8.95. The Morgan fingerprint density at radius 2 is 1.79 bits per heavy atom. The number of halogens is 1. The van der Waals surface area contributed by atoms with Gasteiger partial charge in [-0.1, -0.05) is 24.3 Å². The van der Waals surface area contributed by atoms with Crippen LogP contribution in [0.4, 0.5) is 5.69 Å². The van der Waals surface area contributed by atoms with Crippen LogP contribution in [-0.2, 0) is 23.2 Å². The largest absolute Gasteiger partial charge is 0.503 e. The van der Waals surface area contributed by atoms with Gasteiger partial charge in [0.15, 0.2) is 11.5 Å². The van der Waals surface area contributed by atoms with Crippen LogP contribution in [0, 0.1) is 11.3 Å².